The number of hydrogen-bond donors (Lipinski definition) is 0. The molecule has 1 aliphatic heterocycles. The maximum absolute atomic E-state index is 11.0. The lowest BCUT2D eigenvalue weighted by molar-refractivity contribution is -0.385. The van der Waals surface area contributed by atoms with Gasteiger partial charge in [0.2, 0.25) is 0 Å². The number of carbonyl (C=O) groups is 1. The zero-order valence-corrected chi connectivity index (χ0v) is 11.8. The normalized spacial score (nSPS) is 19.0. The van der Waals surface area contributed by atoms with Crippen molar-refractivity contribution in [2.75, 3.05) is 38.6 Å². The molecule has 0 radical (unpaired) electrons. The van der Waals surface area contributed by atoms with Crippen LogP contribution in [0.5, 0.6) is 0 Å². The standard InChI is InChI=1S/C14H19N3O3/c1-15-6-5-11(8-15)9-16(2)13-3-4-14(17(19)20)12(7-13)10-18/h3-4,7,10-11H,5-6,8-9H2,1-2H3. The number of hydrogen-bond acceptors (Lipinski definition) is 5. The van der Waals surface area contributed by atoms with E-state index in [2.05, 4.69) is 16.8 Å². The predicted octanol–water partition coefficient (Wildman–Crippen LogP) is 1.80. The maximum atomic E-state index is 11.0. The molecule has 1 aromatic carbocycles. The quantitative estimate of drug-likeness (QED) is 0.466. The summed E-state index contributed by atoms with van der Waals surface area (Å²) in [4.78, 5) is 25.6. The smallest absolute Gasteiger partial charge is 0.280 e. The summed E-state index contributed by atoms with van der Waals surface area (Å²) in [6.45, 7) is 3.07. The zero-order valence-electron chi connectivity index (χ0n) is 11.8. The highest BCUT2D eigenvalue weighted by Gasteiger charge is 2.22. The zero-order chi connectivity index (χ0) is 14.7. The molecule has 0 N–H and O–H groups in total. The molecule has 1 aromatic rings. The van der Waals surface area contributed by atoms with Crippen molar-refractivity contribution in [3.05, 3.63) is 33.9 Å². The van der Waals surface area contributed by atoms with Crippen LogP contribution in [0, 0.1) is 16.0 Å². The first-order valence-corrected chi connectivity index (χ1v) is 6.64. The third-order valence-electron chi connectivity index (χ3n) is 3.80. The molecular formula is C14H19N3O3. The van der Waals surface area contributed by atoms with Crippen LogP contribution in [0.4, 0.5) is 11.4 Å². The number of nitro benzene ring substituents is 1. The first-order chi connectivity index (χ1) is 9.51. The number of rotatable bonds is 5. The van der Waals surface area contributed by atoms with Gasteiger partial charge in [-0.3, -0.25) is 14.9 Å². The monoisotopic (exact) mass is 277 g/mol. The van der Waals surface area contributed by atoms with Crippen molar-refractivity contribution in [3.8, 4) is 0 Å². The SMILES string of the molecule is CN1CCC(CN(C)c2ccc([N+](=O)[O-])c(C=O)c2)C1. The van der Waals surface area contributed by atoms with E-state index >= 15 is 0 Å². The molecule has 2 rings (SSSR count). The molecule has 0 bridgehead atoms. The lowest BCUT2D eigenvalue weighted by atomic mass is 10.1. The van der Waals surface area contributed by atoms with Crippen molar-refractivity contribution < 1.29 is 9.72 Å². The summed E-state index contributed by atoms with van der Waals surface area (Å²) < 4.78 is 0. The summed E-state index contributed by atoms with van der Waals surface area (Å²) in [5.41, 5.74) is 0.827. The molecule has 108 valence electrons. The van der Waals surface area contributed by atoms with Crippen molar-refractivity contribution in [1.82, 2.24) is 4.90 Å². The Morgan fingerprint density at radius 3 is 2.85 bits per heavy atom. The van der Waals surface area contributed by atoms with Crippen molar-refractivity contribution >= 4 is 17.7 Å². The largest absolute Gasteiger partial charge is 0.374 e. The summed E-state index contributed by atoms with van der Waals surface area (Å²) >= 11 is 0. The van der Waals surface area contributed by atoms with Crippen LogP contribution in [0.3, 0.4) is 0 Å². The van der Waals surface area contributed by atoms with E-state index in [1.54, 1.807) is 12.1 Å². The van der Waals surface area contributed by atoms with Crippen LogP contribution < -0.4 is 4.90 Å². The van der Waals surface area contributed by atoms with E-state index < -0.39 is 4.92 Å². The molecule has 0 aromatic heterocycles. The van der Waals surface area contributed by atoms with Gasteiger partial charge in [0.05, 0.1) is 10.5 Å². The Morgan fingerprint density at radius 1 is 1.55 bits per heavy atom. The summed E-state index contributed by atoms with van der Waals surface area (Å²) in [6, 6.07) is 4.68. The van der Waals surface area contributed by atoms with Gasteiger partial charge in [0, 0.05) is 31.9 Å². The van der Waals surface area contributed by atoms with Crippen LogP contribution in [0.15, 0.2) is 18.2 Å². The molecule has 0 saturated carbocycles. The van der Waals surface area contributed by atoms with Gasteiger partial charge in [-0.15, -0.1) is 0 Å². The highest BCUT2D eigenvalue weighted by molar-refractivity contribution is 5.83. The van der Waals surface area contributed by atoms with Gasteiger partial charge in [-0.25, -0.2) is 0 Å². The molecule has 20 heavy (non-hydrogen) atoms. The lowest BCUT2D eigenvalue weighted by Crippen LogP contribution is -2.27. The first kappa shape index (κ1) is 14.5. The fraction of sp³-hybridized carbons (Fsp3) is 0.500. The van der Waals surface area contributed by atoms with Crippen LogP contribution in [0.2, 0.25) is 0 Å². The van der Waals surface area contributed by atoms with Gasteiger partial charge in [0.25, 0.3) is 5.69 Å². The van der Waals surface area contributed by atoms with Gasteiger partial charge in [0.1, 0.15) is 0 Å². The van der Waals surface area contributed by atoms with Crippen molar-refractivity contribution in [2.45, 2.75) is 6.42 Å². The Hall–Kier alpha value is -1.95. The molecule has 1 atom stereocenters. The Kier molecular flexibility index (Phi) is 4.34. The summed E-state index contributed by atoms with van der Waals surface area (Å²) in [6.07, 6.45) is 1.70. The van der Waals surface area contributed by atoms with E-state index in [0.29, 0.717) is 12.2 Å². The number of benzene rings is 1. The Bertz CT molecular complexity index is 518. The molecular weight excluding hydrogens is 258 g/mol. The fourth-order valence-corrected chi connectivity index (χ4v) is 2.71. The molecule has 6 heteroatoms. The van der Waals surface area contributed by atoms with Crippen LogP contribution in [0.25, 0.3) is 0 Å². The number of anilines is 1. The van der Waals surface area contributed by atoms with E-state index in [4.69, 9.17) is 0 Å². The summed E-state index contributed by atoms with van der Waals surface area (Å²) in [7, 11) is 4.06. The Morgan fingerprint density at radius 2 is 2.30 bits per heavy atom. The van der Waals surface area contributed by atoms with Crippen molar-refractivity contribution in [1.29, 1.82) is 0 Å². The molecule has 1 fully saturated rings. The van der Waals surface area contributed by atoms with E-state index in [9.17, 15) is 14.9 Å². The van der Waals surface area contributed by atoms with Crippen LogP contribution >= 0.6 is 0 Å². The van der Waals surface area contributed by atoms with E-state index in [0.717, 1.165) is 31.7 Å². The van der Waals surface area contributed by atoms with Crippen LogP contribution in [-0.2, 0) is 0 Å². The molecule has 0 amide bonds. The van der Waals surface area contributed by atoms with Gasteiger partial charge in [-0.2, -0.15) is 0 Å². The molecule has 1 unspecified atom stereocenters. The van der Waals surface area contributed by atoms with Crippen LogP contribution in [0.1, 0.15) is 16.8 Å². The van der Waals surface area contributed by atoms with Gasteiger partial charge < -0.3 is 9.80 Å². The van der Waals surface area contributed by atoms with E-state index in [1.807, 2.05) is 7.05 Å². The molecule has 1 heterocycles. The number of nitrogens with zero attached hydrogens (tertiary/aromatic N) is 3. The minimum Gasteiger partial charge on any atom is -0.374 e. The second-order valence-corrected chi connectivity index (χ2v) is 5.42. The van der Waals surface area contributed by atoms with E-state index in [1.165, 1.54) is 6.07 Å². The highest BCUT2D eigenvalue weighted by Crippen LogP contribution is 2.25. The Balaban J connectivity index is 2.12. The van der Waals surface area contributed by atoms with Gasteiger partial charge >= 0.3 is 0 Å². The van der Waals surface area contributed by atoms with Crippen LogP contribution in [-0.4, -0.2) is 49.8 Å². The maximum Gasteiger partial charge on any atom is 0.280 e. The second-order valence-electron chi connectivity index (χ2n) is 5.42. The van der Waals surface area contributed by atoms with E-state index in [-0.39, 0.29) is 11.3 Å². The molecule has 0 spiro atoms. The third kappa shape index (κ3) is 3.14. The third-order valence-corrected chi connectivity index (χ3v) is 3.80. The molecule has 6 nitrogen and oxygen atoms in total. The molecule has 1 aliphatic rings. The highest BCUT2D eigenvalue weighted by atomic mass is 16.6. The average molecular weight is 277 g/mol. The Labute approximate surface area is 118 Å². The fourth-order valence-electron chi connectivity index (χ4n) is 2.71. The number of likely N-dealkylation sites (tertiary alicyclic amines) is 1. The topological polar surface area (TPSA) is 66.7 Å². The predicted molar refractivity (Wildman–Crippen MR) is 77.4 cm³/mol. The minimum absolute atomic E-state index is 0.128. The second kappa shape index (κ2) is 6.00. The summed E-state index contributed by atoms with van der Waals surface area (Å²) in [5, 5.41) is 10.8. The van der Waals surface area contributed by atoms with Crippen molar-refractivity contribution in [3.63, 3.8) is 0 Å². The number of carbonyl (C=O) groups excluding carboxylic acids is 1. The number of nitro groups is 1. The minimum atomic E-state index is -0.528. The molecule has 0 aliphatic carbocycles. The van der Waals surface area contributed by atoms with Gasteiger partial charge in [-0.1, -0.05) is 0 Å². The first-order valence-electron chi connectivity index (χ1n) is 6.64. The summed E-state index contributed by atoms with van der Waals surface area (Å²) in [5.74, 6) is 0.597. The van der Waals surface area contributed by atoms with Gasteiger partial charge in [0.15, 0.2) is 6.29 Å². The molecule has 1 saturated heterocycles. The van der Waals surface area contributed by atoms with Crippen molar-refractivity contribution in [2.24, 2.45) is 5.92 Å². The number of aldehydes is 1. The average Bonchev–Trinajstić information content (AvgIpc) is 2.83. The lowest BCUT2D eigenvalue weighted by Gasteiger charge is -2.23. The van der Waals surface area contributed by atoms with Gasteiger partial charge in [-0.05, 0) is 38.1 Å².